The number of aromatic nitrogens is 1. The lowest BCUT2D eigenvalue weighted by Gasteiger charge is -2.37. The average molecular weight is 688 g/mol. The van der Waals surface area contributed by atoms with Gasteiger partial charge >= 0.3 is 0 Å². The lowest BCUT2D eigenvalue weighted by molar-refractivity contribution is -0.130. The standard InChI is InChI=1S/C13H20N4O3.C12H12ClNO.C8H16O.C4H10/c1-9-6-14-11(18)7-15-12(19)8-16-13(20)10-4-2-3-5-17(9)10;13-6-3-7-14-8-10(9-15)11-4-1-2-5-12(11)14;1-3-5-6-7-8(9)4-2;1-3-4-2/h10H,1-8H2,(H,14,18)(H,15,19)(H,16,20);1-2,4-5,8-9H,3,6-7H2;3-7H2,1-2H3;3-4H2,1-2H3. The van der Waals surface area contributed by atoms with Gasteiger partial charge in [-0.3, -0.25) is 24.0 Å². The van der Waals surface area contributed by atoms with Crippen LogP contribution in [0.15, 0.2) is 42.7 Å². The van der Waals surface area contributed by atoms with Gasteiger partial charge in [0, 0.05) is 60.2 Å². The molecule has 11 heteroatoms. The number of ketones is 1. The fraction of sp³-hybridized carbons (Fsp3) is 0.595. The topological polar surface area (TPSA) is 130 Å². The minimum Gasteiger partial charge on any atom is -0.362 e. The second kappa shape index (κ2) is 25.4. The molecule has 1 aromatic carbocycles. The molecule has 1 unspecified atom stereocenters. The maximum Gasteiger partial charge on any atom is 0.243 e. The van der Waals surface area contributed by atoms with E-state index in [1.807, 2.05) is 42.3 Å². The molecule has 3 heterocycles. The van der Waals surface area contributed by atoms with Crippen LogP contribution in [0.4, 0.5) is 0 Å². The number of para-hydroxylation sites is 1. The molecule has 2 aliphatic heterocycles. The van der Waals surface area contributed by atoms with E-state index in [0.717, 1.165) is 80.1 Å². The van der Waals surface area contributed by atoms with Crippen molar-refractivity contribution < 1.29 is 24.0 Å². The van der Waals surface area contributed by atoms with E-state index in [1.165, 1.54) is 25.7 Å². The molecular weight excluding hydrogens is 630 g/mol. The summed E-state index contributed by atoms with van der Waals surface area (Å²) in [6, 6.07) is 7.61. The lowest BCUT2D eigenvalue weighted by Crippen LogP contribution is -2.53. The Hall–Kier alpha value is -3.66. The number of unbranched alkanes of at least 4 members (excludes halogenated alkanes) is 3. The van der Waals surface area contributed by atoms with Crippen LogP contribution in [-0.2, 0) is 25.7 Å². The third-order valence-electron chi connectivity index (χ3n) is 8.00. The highest BCUT2D eigenvalue weighted by Crippen LogP contribution is 2.21. The molecule has 3 N–H and O–H groups in total. The van der Waals surface area contributed by atoms with E-state index in [0.29, 0.717) is 24.6 Å². The van der Waals surface area contributed by atoms with Crippen molar-refractivity contribution in [3.63, 3.8) is 0 Å². The Balaban J connectivity index is 0.000000362. The molecule has 4 rings (SSSR count). The van der Waals surface area contributed by atoms with Gasteiger partial charge in [0.2, 0.25) is 17.7 Å². The predicted octanol–water partition coefficient (Wildman–Crippen LogP) is 6.15. The van der Waals surface area contributed by atoms with E-state index in [-0.39, 0.29) is 36.9 Å². The van der Waals surface area contributed by atoms with Crippen LogP contribution in [-0.4, -0.2) is 77.4 Å². The molecule has 2 aromatic rings. The van der Waals surface area contributed by atoms with Crippen molar-refractivity contribution in [2.45, 2.75) is 111 Å². The number of hydrogen-bond donors (Lipinski definition) is 3. The number of nitrogens with zero attached hydrogens (tertiary/aromatic N) is 2. The molecule has 48 heavy (non-hydrogen) atoms. The van der Waals surface area contributed by atoms with Crippen LogP contribution in [0.2, 0.25) is 0 Å². The summed E-state index contributed by atoms with van der Waals surface area (Å²) in [5.41, 5.74) is 2.58. The Morgan fingerprint density at radius 2 is 1.58 bits per heavy atom. The van der Waals surface area contributed by atoms with Crippen LogP contribution in [0.3, 0.4) is 0 Å². The highest BCUT2D eigenvalue weighted by molar-refractivity contribution is 6.17. The van der Waals surface area contributed by atoms with E-state index >= 15 is 0 Å². The average Bonchev–Trinajstić information content (AvgIpc) is 3.48. The van der Waals surface area contributed by atoms with Gasteiger partial charge in [0.1, 0.15) is 11.8 Å². The first kappa shape index (κ1) is 42.4. The summed E-state index contributed by atoms with van der Waals surface area (Å²) in [7, 11) is 0. The van der Waals surface area contributed by atoms with Crippen LogP contribution < -0.4 is 16.0 Å². The van der Waals surface area contributed by atoms with Crippen molar-refractivity contribution in [3.05, 3.63) is 48.3 Å². The molecule has 3 amide bonds. The minimum absolute atomic E-state index is 0.0919. The number of alkyl halides is 1. The Labute approximate surface area is 292 Å². The van der Waals surface area contributed by atoms with Crippen LogP contribution >= 0.6 is 11.6 Å². The molecule has 0 aliphatic carbocycles. The second-order valence-corrected chi connectivity index (χ2v) is 12.2. The number of carbonyl (C=O) groups is 5. The van der Waals surface area contributed by atoms with Crippen LogP contribution in [0.25, 0.3) is 10.9 Å². The predicted molar refractivity (Wildman–Crippen MR) is 195 cm³/mol. The Morgan fingerprint density at radius 3 is 2.21 bits per heavy atom. The lowest BCUT2D eigenvalue weighted by atomic mass is 10.0. The molecule has 268 valence electrons. The molecule has 0 bridgehead atoms. The van der Waals surface area contributed by atoms with Crippen LogP contribution in [0.1, 0.15) is 109 Å². The minimum atomic E-state index is -0.366. The molecule has 2 aliphatic rings. The summed E-state index contributed by atoms with van der Waals surface area (Å²) >= 11 is 5.66. The van der Waals surface area contributed by atoms with Crippen molar-refractivity contribution in [2.75, 3.05) is 32.1 Å². The summed E-state index contributed by atoms with van der Waals surface area (Å²) in [6.07, 6.45) is 14.1. The summed E-state index contributed by atoms with van der Waals surface area (Å²) < 4.78 is 2.08. The normalized spacial score (nSPS) is 16.4. The Kier molecular flexibility index (Phi) is 22.4. The molecule has 0 spiro atoms. The monoisotopic (exact) mass is 687 g/mol. The zero-order chi connectivity index (χ0) is 35.7. The summed E-state index contributed by atoms with van der Waals surface area (Å²) in [5, 5.41) is 8.78. The zero-order valence-electron chi connectivity index (χ0n) is 29.6. The number of carbonyl (C=O) groups excluding carboxylic acids is 5. The van der Waals surface area contributed by atoms with Gasteiger partial charge in [-0.2, -0.15) is 0 Å². The van der Waals surface area contributed by atoms with Crippen molar-refractivity contribution in [3.8, 4) is 0 Å². The summed E-state index contributed by atoms with van der Waals surface area (Å²) in [6.45, 7) is 14.1. The smallest absolute Gasteiger partial charge is 0.243 e. The molecule has 2 fully saturated rings. The number of hydrogen-bond acceptors (Lipinski definition) is 6. The molecule has 10 nitrogen and oxygen atoms in total. The van der Waals surface area contributed by atoms with Crippen molar-refractivity contribution in [2.24, 2.45) is 0 Å². The first-order valence-corrected chi connectivity index (χ1v) is 18.1. The van der Waals surface area contributed by atoms with Crippen LogP contribution in [0, 0.1) is 0 Å². The number of aldehydes is 1. The van der Waals surface area contributed by atoms with E-state index < -0.39 is 0 Å². The van der Waals surface area contributed by atoms with Gasteiger partial charge in [0.05, 0.1) is 19.6 Å². The zero-order valence-corrected chi connectivity index (χ0v) is 30.3. The van der Waals surface area contributed by atoms with Gasteiger partial charge in [-0.15, -0.1) is 11.6 Å². The van der Waals surface area contributed by atoms with Gasteiger partial charge in [-0.05, 0) is 38.2 Å². The SMILES string of the molecule is C=C1CNC(=O)CNC(=O)CNC(=O)C2CCCCN12.CCCC.CCCCCC(=O)CC.O=Cc1cn(CCCCl)c2ccccc12. The van der Waals surface area contributed by atoms with Crippen LogP contribution in [0.5, 0.6) is 0 Å². The molecule has 1 atom stereocenters. The number of aryl methyl sites for hydroxylation is 1. The maximum absolute atomic E-state index is 12.2. The first-order valence-electron chi connectivity index (χ1n) is 17.5. The molecule has 1 aromatic heterocycles. The Bertz CT molecular complexity index is 1250. The van der Waals surface area contributed by atoms with Gasteiger partial charge < -0.3 is 25.4 Å². The first-order chi connectivity index (χ1) is 23.2. The molecule has 2 saturated heterocycles. The van der Waals surface area contributed by atoms with E-state index in [1.54, 1.807) is 0 Å². The third-order valence-corrected chi connectivity index (χ3v) is 8.27. The van der Waals surface area contributed by atoms with Gasteiger partial charge in [-0.25, -0.2) is 0 Å². The summed E-state index contributed by atoms with van der Waals surface area (Å²) in [5.74, 6) is 0.259. The van der Waals surface area contributed by atoms with Gasteiger partial charge in [0.15, 0.2) is 6.29 Å². The number of fused-ring (bicyclic) bond motifs is 2. The molecule has 0 radical (unpaired) electrons. The number of nitrogens with one attached hydrogen (secondary N) is 3. The molecule has 0 saturated carbocycles. The van der Waals surface area contributed by atoms with Crippen molar-refractivity contribution in [1.29, 1.82) is 0 Å². The number of halogens is 1. The third kappa shape index (κ3) is 16.0. The number of piperidine rings is 1. The maximum atomic E-state index is 12.2. The van der Waals surface area contributed by atoms with Gasteiger partial charge in [0.25, 0.3) is 0 Å². The van der Waals surface area contributed by atoms with Gasteiger partial charge in [-0.1, -0.05) is 78.2 Å². The number of rotatable bonds is 10. The number of Topliss-reactive ketones (excluding diaryl/α,β-unsaturated/α-hetero) is 1. The summed E-state index contributed by atoms with van der Waals surface area (Å²) in [4.78, 5) is 58.7. The largest absolute Gasteiger partial charge is 0.362 e. The van der Waals surface area contributed by atoms with E-state index in [4.69, 9.17) is 11.6 Å². The fourth-order valence-corrected chi connectivity index (χ4v) is 5.13. The van der Waals surface area contributed by atoms with E-state index in [9.17, 15) is 24.0 Å². The van der Waals surface area contributed by atoms with E-state index in [2.05, 4.69) is 47.9 Å². The quantitative estimate of drug-likeness (QED) is 0.156. The second-order valence-electron chi connectivity index (χ2n) is 11.8. The number of benzene rings is 1. The highest BCUT2D eigenvalue weighted by Gasteiger charge is 2.30. The van der Waals surface area contributed by atoms with Crippen molar-refractivity contribution in [1.82, 2.24) is 25.4 Å². The Morgan fingerprint density at radius 1 is 0.917 bits per heavy atom. The van der Waals surface area contributed by atoms with Crippen molar-refractivity contribution >= 4 is 52.3 Å². The highest BCUT2D eigenvalue weighted by atomic mass is 35.5. The fourth-order valence-electron chi connectivity index (χ4n) is 5.01. The number of amides is 3. The molecular formula is C37H58ClN5O5.